The van der Waals surface area contributed by atoms with Crippen LogP contribution in [0.25, 0.3) is 0 Å². The highest BCUT2D eigenvalue weighted by atomic mass is 32.2. The molecule has 0 saturated carbocycles. The molecule has 1 amide bonds. The molecule has 0 spiro atoms. The van der Waals surface area contributed by atoms with Crippen molar-refractivity contribution in [1.82, 2.24) is 9.62 Å². The van der Waals surface area contributed by atoms with Gasteiger partial charge in [-0.15, -0.1) is 0 Å². The largest absolute Gasteiger partial charge is 0.353 e. The minimum absolute atomic E-state index is 0.266. The van der Waals surface area contributed by atoms with Crippen LogP contribution in [0.4, 0.5) is 0 Å². The van der Waals surface area contributed by atoms with Gasteiger partial charge in [0.05, 0.1) is 6.26 Å². The quantitative estimate of drug-likeness (QED) is 0.845. The second-order valence-electron chi connectivity index (χ2n) is 4.48. The Kier molecular flexibility index (Phi) is 3.41. The summed E-state index contributed by atoms with van der Waals surface area (Å²) < 4.78 is 24.7. The zero-order valence-electron chi connectivity index (χ0n) is 10.4. The van der Waals surface area contributed by atoms with Crippen molar-refractivity contribution in [2.75, 3.05) is 19.3 Å². The second-order valence-corrected chi connectivity index (χ2v) is 6.42. The molecule has 1 aliphatic heterocycles. The number of sulfonamides is 1. The molecule has 98 valence electrons. The lowest BCUT2D eigenvalue weighted by molar-refractivity contribution is -0.126. The molecule has 0 bridgehead atoms. The van der Waals surface area contributed by atoms with E-state index in [1.165, 1.54) is 4.31 Å². The van der Waals surface area contributed by atoms with Crippen LogP contribution in [0.3, 0.4) is 0 Å². The minimum atomic E-state index is -3.40. The van der Waals surface area contributed by atoms with Gasteiger partial charge in [0.25, 0.3) is 0 Å². The molecule has 1 aromatic carbocycles. The summed E-state index contributed by atoms with van der Waals surface area (Å²) in [5.41, 5.74) is 1.71. The third-order valence-electron chi connectivity index (χ3n) is 2.95. The average Bonchev–Trinajstić information content (AvgIpc) is 2.27. The van der Waals surface area contributed by atoms with Gasteiger partial charge in [0.2, 0.25) is 15.9 Å². The van der Waals surface area contributed by atoms with Crippen LogP contribution in [-0.2, 0) is 14.8 Å². The van der Waals surface area contributed by atoms with Crippen molar-refractivity contribution in [3.63, 3.8) is 0 Å². The van der Waals surface area contributed by atoms with E-state index in [0.29, 0.717) is 18.7 Å². The molecule has 1 unspecified atom stereocenters. The lowest BCUT2D eigenvalue weighted by Gasteiger charge is -2.33. The van der Waals surface area contributed by atoms with E-state index in [4.69, 9.17) is 0 Å². The number of carbonyl (C=O) groups is 1. The molecule has 1 N–H and O–H groups in total. The summed E-state index contributed by atoms with van der Waals surface area (Å²) in [7, 11) is -3.40. The van der Waals surface area contributed by atoms with Gasteiger partial charge in [0.15, 0.2) is 0 Å². The van der Waals surface area contributed by atoms with Gasteiger partial charge in [-0.25, -0.2) is 8.42 Å². The predicted molar refractivity (Wildman–Crippen MR) is 68.5 cm³/mol. The molecule has 5 nitrogen and oxygen atoms in total. The van der Waals surface area contributed by atoms with Crippen LogP contribution < -0.4 is 5.32 Å². The van der Waals surface area contributed by atoms with Crippen LogP contribution in [0.2, 0.25) is 0 Å². The standard InChI is InChI=1S/C12H16N2O3S/c1-9-4-3-5-10(8-9)11-12(15)13-6-7-14(11)18(2,16)17/h3-5,8,11H,6-7H2,1-2H3,(H,13,15). The van der Waals surface area contributed by atoms with Crippen LogP contribution in [0.1, 0.15) is 17.2 Å². The van der Waals surface area contributed by atoms with E-state index in [0.717, 1.165) is 11.8 Å². The zero-order valence-corrected chi connectivity index (χ0v) is 11.2. The molecule has 6 heteroatoms. The van der Waals surface area contributed by atoms with Crippen molar-refractivity contribution < 1.29 is 13.2 Å². The van der Waals surface area contributed by atoms with Gasteiger partial charge in [0, 0.05) is 13.1 Å². The first kappa shape index (κ1) is 13.0. The zero-order chi connectivity index (χ0) is 13.3. The van der Waals surface area contributed by atoms with Gasteiger partial charge in [0.1, 0.15) is 6.04 Å². The first-order valence-electron chi connectivity index (χ1n) is 5.70. The van der Waals surface area contributed by atoms with E-state index in [2.05, 4.69) is 5.32 Å². The van der Waals surface area contributed by atoms with Gasteiger partial charge in [-0.3, -0.25) is 4.79 Å². The molecular weight excluding hydrogens is 252 g/mol. The van der Waals surface area contributed by atoms with E-state index in [9.17, 15) is 13.2 Å². The summed E-state index contributed by atoms with van der Waals surface area (Å²) in [6.45, 7) is 2.58. The van der Waals surface area contributed by atoms with Gasteiger partial charge in [-0.05, 0) is 12.5 Å². The number of aryl methyl sites for hydroxylation is 1. The fourth-order valence-corrected chi connectivity index (χ4v) is 3.18. The molecule has 1 atom stereocenters. The highest BCUT2D eigenvalue weighted by Crippen LogP contribution is 2.26. The molecule has 18 heavy (non-hydrogen) atoms. The smallest absolute Gasteiger partial charge is 0.243 e. The van der Waals surface area contributed by atoms with Crippen molar-refractivity contribution in [2.24, 2.45) is 0 Å². The summed E-state index contributed by atoms with van der Waals surface area (Å²) in [5.74, 6) is -0.266. The number of hydrogen-bond acceptors (Lipinski definition) is 3. The maximum absolute atomic E-state index is 11.9. The Bertz CT molecular complexity index is 568. The summed E-state index contributed by atoms with van der Waals surface area (Å²) in [5, 5.41) is 2.71. The van der Waals surface area contributed by atoms with E-state index in [1.54, 1.807) is 6.07 Å². The molecule has 0 radical (unpaired) electrons. The average molecular weight is 268 g/mol. The molecule has 1 heterocycles. The van der Waals surface area contributed by atoms with Crippen molar-refractivity contribution in [1.29, 1.82) is 0 Å². The van der Waals surface area contributed by atoms with Crippen LogP contribution in [0.15, 0.2) is 24.3 Å². The maximum atomic E-state index is 11.9. The number of rotatable bonds is 2. The lowest BCUT2D eigenvalue weighted by atomic mass is 10.0. The Labute approximate surface area is 107 Å². The number of hydrogen-bond donors (Lipinski definition) is 1. The normalized spacial score (nSPS) is 21.7. The molecule has 1 fully saturated rings. The van der Waals surface area contributed by atoms with Gasteiger partial charge in [-0.2, -0.15) is 4.31 Å². The van der Waals surface area contributed by atoms with Crippen LogP contribution >= 0.6 is 0 Å². The van der Waals surface area contributed by atoms with Gasteiger partial charge >= 0.3 is 0 Å². The second kappa shape index (κ2) is 4.70. The minimum Gasteiger partial charge on any atom is -0.353 e. The molecule has 1 aromatic rings. The summed E-state index contributed by atoms with van der Waals surface area (Å²) >= 11 is 0. The van der Waals surface area contributed by atoms with E-state index in [-0.39, 0.29) is 5.91 Å². The number of nitrogens with zero attached hydrogens (tertiary/aromatic N) is 1. The van der Waals surface area contributed by atoms with E-state index >= 15 is 0 Å². The van der Waals surface area contributed by atoms with Crippen molar-refractivity contribution >= 4 is 15.9 Å². The topological polar surface area (TPSA) is 66.5 Å². The first-order valence-corrected chi connectivity index (χ1v) is 7.55. The monoisotopic (exact) mass is 268 g/mol. The third-order valence-corrected chi connectivity index (χ3v) is 4.20. The fourth-order valence-electron chi connectivity index (χ4n) is 2.16. The molecule has 2 rings (SSSR count). The Morgan fingerprint density at radius 2 is 2.11 bits per heavy atom. The SMILES string of the molecule is Cc1cccc(C2C(=O)NCCN2S(C)(=O)=O)c1. The van der Waals surface area contributed by atoms with Crippen molar-refractivity contribution in [3.8, 4) is 0 Å². The third kappa shape index (κ3) is 2.54. The lowest BCUT2D eigenvalue weighted by Crippen LogP contribution is -2.51. The van der Waals surface area contributed by atoms with Crippen molar-refractivity contribution in [2.45, 2.75) is 13.0 Å². The predicted octanol–water partition coefficient (Wildman–Crippen LogP) is 0.428. The van der Waals surface area contributed by atoms with E-state index in [1.807, 2.05) is 25.1 Å². The molecule has 0 aliphatic carbocycles. The summed E-state index contributed by atoms with van der Waals surface area (Å²) in [6, 6.07) is 6.60. The fraction of sp³-hybridized carbons (Fsp3) is 0.417. The highest BCUT2D eigenvalue weighted by Gasteiger charge is 2.36. The number of benzene rings is 1. The number of carbonyl (C=O) groups excluding carboxylic acids is 1. The number of amides is 1. The van der Waals surface area contributed by atoms with Crippen LogP contribution in [0, 0.1) is 6.92 Å². The summed E-state index contributed by atoms with van der Waals surface area (Å²) in [6.07, 6.45) is 1.13. The molecule has 1 saturated heterocycles. The Morgan fingerprint density at radius 1 is 1.39 bits per heavy atom. The van der Waals surface area contributed by atoms with Crippen molar-refractivity contribution in [3.05, 3.63) is 35.4 Å². The molecule has 1 aliphatic rings. The Balaban J connectivity index is 2.46. The number of piperazine rings is 1. The summed E-state index contributed by atoms with van der Waals surface area (Å²) in [4.78, 5) is 11.9. The molecule has 0 aromatic heterocycles. The number of nitrogens with one attached hydrogen (secondary N) is 1. The molecular formula is C12H16N2O3S. The Morgan fingerprint density at radius 3 is 2.72 bits per heavy atom. The van der Waals surface area contributed by atoms with Crippen LogP contribution in [-0.4, -0.2) is 38.0 Å². The first-order chi connectivity index (χ1) is 8.39. The highest BCUT2D eigenvalue weighted by molar-refractivity contribution is 7.88. The van der Waals surface area contributed by atoms with E-state index < -0.39 is 16.1 Å². The van der Waals surface area contributed by atoms with Crippen LogP contribution in [0.5, 0.6) is 0 Å². The van der Waals surface area contributed by atoms with Gasteiger partial charge in [-0.1, -0.05) is 29.8 Å². The van der Waals surface area contributed by atoms with Gasteiger partial charge < -0.3 is 5.32 Å². The Hall–Kier alpha value is -1.40. The maximum Gasteiger partial charge on any atom is 0.243 e.